The summed E-state index contributed by atoms with van der Waals surface area (Å²) in [6.07, 6.45) is 4.49. The van der Waals surface area contributed by atoms with Gasteiger partial charge in [0.15, 0.2) is 5.84 Å². The second-order valence-corrected chi connectivity index (χ2v) is 5.28. The molecule has 3 N–H and O–H groups in total. The van der Waals surface area contributed by atoms with Crippen molar-refractivity contribution in [3.8, 4) is 0 Å². The number of hydrogen-bond acceptors (Lipinski definition) is 3. The largest absolute Gasteiger partial charge is 0.409 e. The number of nitrogens with two attached hydrogens (primary N) is 1. The Morgan fingerprint density at radius 2 is 1.85 bits per heavy atom. The third-order valence-electron chi connectivity index (χ3n) is 3.25. The van der Waals surface area contributed by atoms with Gasteiger partial charge >= 0.3 is 0 Å². The second kappa shape index (κ2) is 8.69. The molecule has 4 nitrogen and oxygen atoms in total. The fourth-order valence-electron chi connectivity index (χ4n) is 2.09. The summed E-state index contributed by atoms with van der Waals surface area (Å²) >= 11 is 6.02. The lowest BCUT2D eigenvalue weighted by Crippen LogP contribution is -2.28. The monoisotopic (exact) mass is 297 g/mol. The zero-order chi connectivity index (χ0) is 15.0. The molecule has 1 aromatic rings. The molecule has 0 bridgehead atoms. The minimum absolute atomic E-state index is 0.0977. The molecule has 1 aromatic carbocycles. The van der Waals surface area contributed by atoms with Gasteiger partial charge in [0.1, 0.15) is 0 Å². The molecule has 0 amide bonds. The molecule has 20 heavy (non-hydrogen) atoms. The summed E-state index contributed by atoms with van der Waals surface area (Å²) in [6, 6.07) is 5.54. The number of halogens is 1. The zero-order valence-corrected chi connectivity index (χ0v) is 13.0. The molecular weight excluding hydrogens is 274 g/mol. The summed E-state index contributed by atoms with van der Waals surface area (Å²) in [5.74, 6) is 0.0977. The highest BCUT2D eigenvalue weighted by molar-refractivity contribution is 6.31. The Kier molecular flexibility index (Phi) is 7.23. The number of oxime groups is 1. The fourth-order valence-corrected chi connectivity index (χ4v) is 2.27. The maximum Gasteiger partial charge on any atom is 0.172 e. The van der Waals surface area contributed by atoms with Gasteiger partial charge in [-0.25, -0.2) is 0 Å². The fraction of sp³-hybridized carbons (Fsp3) is 0.533. The molecule has 1 rings (SSSR count). The van der Waals surface area contributed by atoms with Crippen LogP contribution >= 0.6 is 11.6 Å². The van der Waals surface area contributed by atoms with Crippen LogP contribution in [0.1, 0.15) is 45.1 Å². The molecule has 0 unspecified atom stereocenters. The van der Waals surface area contributed by atoms with E-state index in [9.17, 15) is 0 Å². The van der Waals surface area contributed by atoms with Crippen LogP contribution in [0, 0.1) is 0 Å². The first-order valence-corrected chi connectivity index (χ1v) is 7.54. The van der Waals surface area contributed by atoms with E-state index in [1.54, 1.807) is 6.07 Å². The van der Waals surface area contributed by atoms with Crippen molar-refractivity contribution < 1.29 is 5.21 Å². The van der Waals surface area contributed by atoms with E-state index < -0.39 is 0 Å². The Labute approximate surface area is 126 Å². The standard InChI is InChI=1S/C15H24ClN3O/c1-3-5-9-19(10-6-4-2)14-8-7-12(16)11-13(14)15(17)18-20/h7-8,11,20H,3-6,9-10H2,1-2H3,(H2,17,18). The normalized spacial score (nSPS) is 11.7. The van der Waals surface area contributed by atoms with E-state index in [0.29, 0.717) is 10.6 Å². The van der Waals surface area contributed by atoms with Gasteiger partial charge in [-0.15, -0.1) is 0 Å². The predicted molar refractivity (Wildman–Crippen MR) is 86.0 cm³/mol. The number of amidine groups is 1. The molecule has 0 heterocycles. The summed E-state index contributed by atoms with van der Waals surface area (Å²) in [5, 5.41) is 12.6. The third kappa shape index (κ3) is 4.60. The highest BCUT2D eigenvalue weighted by atomic mass is 35.5. The molecule has 0 saturated heterocycles. The molecule has 5 heteroatoms. The quantitative estimate of drug-likeness (QED) is 0.332. The predicted octanol–water partition coefficient (Wildman–Crippen LogP) is 3.84. The van der Waals surface area contributed by atoms with E-state index in [1.807, 2.05) is 12.1 Å². The SMILES string of the molecule is CCCCN(CCCC)c1ccc(Cl)cc1C(N)=NO. The van der Waals surface area contributed by atoms with Gasteiger partial charge in [-0.05, 0) is 31.0 Å². The summed E-state index contributed by atoms with van der Waals surface area (Å²) in [4.78, 5) is 2.29. The van der Waals surface area contributed by atoms with E-state index in [4.69, 9.17) is 22.5 Å². The van der Waals surface area contributed by atoms with E-state index >= 15 is 0 Å². The van der Waals surface area contributed by atoms with Gasteiger partial charge in [-0.3, -0.25) is 0 Å². The first-order valence-electron chi connectivity index (χ1n) is 7.16. The number of rotatable bonds is 8. The van der Waals surface area contributed by atoms with Crippen molar-refractivity contribution in [2.45, 2.75) is 39.5 Å². The molecule has 0 spiro atoms. The van der Waals surface area contributed by atoms with E-state index in [-0.39, 0.29) is 5.84 Å². The van der Waals surface area contributed by atoms with Crippen LogP contribution in [0.5, 0.6) is 0 Å². The maximum absolute atomic E-state index is 8.94. The van der Waals surface area contributed by atoms with Crippen LogP contribution in [-0.2, 0) is 0 Å². The van der Waals surface area contributed by atoms with Crippen LogP contribution in [0.3, 0.4) is 0 Å². The van der Waals surface area contributed by atoms with Crippen LogP contribution in [0.25, 0.3) is 0 Å². The molecule has 112 valence electrons. The lowest BCUT2D eigenvalue weighted by molar-refractivity contribution is 0.318. The molecule has 0 aliphatic rings. The van der Waals surface area contributed by atoms with Crippen molar-refractivity contribution >= 4 is 23.1 Å². The number of unbranched alkanes of at least 4 members (excludes halogenated alkanes) is 2. The van der Waals surface area contributed by atoms with Gasteiger partial charge in [0.05, 0.1) is 0 Å². The van der Waals surface area contributed by atoms with Gasteiger partial charge in [-0.2, -0.15) is 0 Å². The Morgan fingerprint density at radius 1 is 1.25 bits per heavy atom. The van der Waals surface area contributed by atoms with Gasteiger partial charge < -0.3 is 15.8 Å². The van der Waals surface area contributed by atoms with Crippen LogP contribution < -0.4 is 10.6 Å². The van der Waals surface area contributed by atoms with Crippen molar-refractivity contribution in [1.82, 2.24) is 0 Å². The van der Waals surface area contributed by atoms with Crippen LogP contribution in [-0.4, -0.2) is 24.1 Å². The molecular formula is C15H24ClN3O. The summed E-state index contributed by atoms with van der Waals surface area (Å²) < 4.78 is 0. The number of benzene rings is 1. The maximum atomic E-state index is 8.94. The van der Waals surface area contributed by atoms with Crippen molar-refractivity contribution in [3.05, 3.63) is 28.8 Å². The van der Waals surface area contributed by atoms with Crippen molar-refractivity contribution in [1.29, 1.82) is 0 Å². The lowest BCUT2D eigenvalue weighted by atomic mass is 10.1. The average Bonchev–Trinajstić information content (AvgIpc) is 2.47. The second-order valence-electron chi connectivity index (χ2n) is 4.84. The van der Waals surface area contributed by atoms with E-state index in [0.717, 1.165) is 44.5 Å². The summed E-state index contributed by atoms with van der Waals surface area (Å²) in [6.45, 7) is 6.27. The molecule has 0 saturated carbocycles. The van der Waals surface area contributed by atoms with Crippen molar-refractivity contribution in [2.24, 2.45) is 10.9 Å². The number of hydrogen-bond donors (Lipinski definition) is 2. The lowest BCUT2D eigenvalue weighted by Gasteiger charge is -2.27. The first-order chi connectivity index (χ1) is 9.63. The summed E-state index contributed by atoms with van der Waals surface area (Å²) in [5.41, 5.74) is 7.44. The van der Waals surface area contributed by atoms with Crippen LogP contribution in [0.4, 0.5) is 5.69 Å². The Balaban J connectivity index is 3.10. The van der Waals surface area contributed by atoms with Gasteiger partial charge in [0.2, 0.25) is 0 Å². The van der Waals surface area contributed by atoms with Crippen LogP contribution in [0.15, 0.2) is 23.4 Å². The molecule has 0 aromatic heterocycles. The molecule has 0 fully saturated rings. The first kappa shape index (κ1) is 16.6. The van der Waals surface area contributed by atoms with Crippen molar-refractivity contribution in [3.63, 3.8) is 0 Å². The Bertz CT molecular complexity index is 441. The van der Waals surface area contributed by atoms with E-state index in [2.05, 4.69) is 23.9 Å². The smallest absolute Gasteiger partial charge is 0.172 e. The van der Waals surface area contributed by atoms with Gasteiger partial charge in [0.25, 0.3) is 0 Å². The molecule has 0 aliphatic carbocycles. The number of anilines is 1. The average molecular weight is 298 g/mol. The molecule has 0 aliphatic heterocycles. The summed E-state index contributed by atoms with van der Waals surface area (Å²) in [7, 11) is 0. The Morgan fingerprint density at radius 3 is 2.35 bits per heavy atom. The number of nitrogens with zero attached hydrogens (tertiary/aromatic N) is 2. The van der Waals surface area contributed by atoms with Gasteiger partial charge in [0, 0.05) is 29.4 Å². The highest BCUT2D eigenvalue weighted by Gasteiger charge is 2.14. The van der Waals surface area contributed by atoms with Gasteiger partial charge in [-0.1, -0.05) is 43.4 Å². The van der Waals surface area contributed by atoms with Crippen molar-refractivity contribution in [2.75, 3.05) is 18.0 Å². The molecule has 0 atom stereocenters. The molecule has 0 radical (unpaired) electrons. The van der Waals surface area contributed by atoms with Crippen LogP contribution in [0.2, 0.25) is 5.02 Å². The third-order valence-corrected chi connectivity index (χ3v) is 3.48. The Hall–Kier alpha value is -1.42. The topological polar surface area (TPSA) is 61.8 Å². The minimum atomic E-state index is 0.0977. The minimum Gasteiger partial charge on any atom is -0.409 e. The highest BCUT2D eigenvalue weighted by Crippen LogP contribution is 2.25. The van der Waals surface area contributed by atoms with E-state index in [1.165, 1.54) is 0 Å². The zero-order valence-electron chi connectivity index (χ0n) is 12.3.